The minimum Gasteiger partial charge on any atom is -0.506 e. The van der Waals surface area contributed by atoms with Gasteiger partial charge in [0.25, 0.3) is 5.56 Å². The lowest BCUT2D eigenvalue weighted by Crippen LogP contribution is -2.09. The lowest BCUT2D eigenvalue weighted by Gasteiger charge is -2.03. The molecule has 0 fully saturated rings. The largest absolute Gasteiger partial charge is 0.506 e. The smallest absolute Gasteiger partial charge is 0.270 e. The van der Waals surface area contributed by atoms with E-state index in [1.54, 1.807) is 6.07 Å². The summed E-state index contributed by atoms with van der Waals surface area (Å²) in [7, 11) is 0. The van der Waals surface area contributed by atoms with Gasteiger partial charge in [0, 0.05) is 29.3 Å². The van der Waals surface area contributed by atoms with Crippen LogP contribution in [0.2, 0.25) is 0 Å². The van der Waals surface area contributed by atoms with Crippen LogP contribution < -0.4 is 5.56 Å². The standard InChI is InChI=1S/C20H13N3O2S/c21-10-4-2-1-3-5-13-6-8-14(9-7-13)16-12-26-20-17(16)18(24)15(11-22)19(25)23-20/h6-9,12H,1-2,4H2,(H2,23,24,25). The van der Waals surface area contributed by atoms with Crippen molar-refractivity contribution in [3.8, 4) is 40.9 Å². The zero-order valence-electron chi connectivity index (χ0n) is 13.7. The van der Waals surface area contributed by atoms with E-state index >= 15 is 0 Å². The van der Waals surface area contributed by atoms with E-state index in [4.69, 9.17) is 10.5 Å². The average molecular weight is 359 g/mol. The molecule has 0 unspecified atom stereocenters. The van der Waals surface area contributed by atoms with Crippen molar-refractivity contribution in [2.75, 3.05) is 0 Å². The Bertz CT molecular complexity index is 1160. The summed E-state index contributed by atoms with van der Waals surface area (Å²) in [6.07, 6.45) is 1.96. The first-order chi connectivity index (χ1) is 12.7. The molecule has 0 radical (unpaired) electrons. The van der Waals surface area contributed by atoms with E-state index in [1.807, 2.05) is 29.6 Å². The van der Waals surface area contributed by atoms with E-state index < -0.39 is 5.56 Å². The van der Waals surface area contributed by atoms with Crippen LogP contribution in [0.3, 0.4) is 0 Å². The molecule has 126 valence electrons. The number of aromatic amines is 1. The number of aromatic hydroxyl groups is 1. The maximum absolute atomic E-state index is 11.8. The second-order valence-electron chi connectivity index (χ2n) is 5.53. The molecular formula is C20H13N3O2S. The number of nitrogens with one attached hydrogen (secondary N) is 1. The Morgan fingerprint density at radius 1 is 1.15 bits per heavy atom. The Morgan fingerprint density at radius 2 is 1.92 bits per heavy atom. The van der Waals surface area contributed by atoms with Crippen molar-refractivity contribution in [1.82, 2.24) is 4.98 Å². The summed E-state index contributed by atoms with van der Waals surface area (Å²) in [6.45, 7) is 0. The molecule has 5 nitrogen and oxygen atoms in total. The first-order valence-electron chi connectivity index (χ1n) is 7.88. The highest BCUT2D eigenvalue weighted by Gasteiger charge is 2.17. The van der Waals surface area contributed by atoms with Crippen molar-refractivity contribution in [1.29, 1.82) is 10.5 Å². The molecule has 1 aromatic carbocycles. The number of hydrogen-bond donors (Lipinski definition) is 2. The summed E-state index contributed by atoms with van der Waals surface area (Å²) in [4.78, 5) is 14.9. The molecule has 0 atom stereocenters. The number of benzene rings is 1. The number of nitrogens with zero attached hydrogens (tertiary/aromatic N) is 2. The molecule has 0 spiro atoms. The number of H-pyrrole nitrogens is 1. The molecule has 26 heavy (non-hydrogen) atoms. The molecule has 0 saturated carbocycles. The number of fused-ring (bicyclic) bond motifs is 1. The van der Waals surface area contributed by atoms with Gasteiger partial charge in [0.2, 0.25) is 0 Å². The summed E-state index contributed by atoms with van der Waals surface area (Å²) >= 11 is 1.30. The van der Waals surface area contributed by atoms with Crippen molar-refractivity contribution in [2.45, 2.75) is 19.3 Å². The van der Waals surface area contributed by atoms with Crippen molar-refractivity contribution >= 4 is 21.6 Å². The van der Waals surface area contributed by atoms with Crippen molar-refractivity contribution < 1.29 is 5.11 Å². The molecule has 2 aromatic heterocycles. The molecule has 0 aliphatic heterocycles. The molecule has 6 heteroatoms. The Hall–Kier alpha value is -3.53. The van der Waals surface area contributed by atoms with E-state index in [1.165, 1.54) is 11.3 Å². The van der Waals surface area contributed by atoms with Crippen LogP contribution in [-0.4, -0.2) is 10.1 Å². The zero-order valence-corrected chi connectivity index (χ0v) is 14.5. The topological polar surface area (TPSA) is 101 Å². The van der Waals surface area contributed by atoms with Crippen LogP contribution in [0.15, 0.2) is 34.4 Å². The molecule has 2 N–H and O–H groups in total. The molecule has 0 aliphatic rings. The maximum Gasteiger partial charge on any atom is 0.270 e. The number of hydrogen-bond acceptors (Lipinski definition) is 5. The highest BCUT2D eigenvalue weighted by atomic mass is 32.1. The minimum atomic E-state index is -0.590. The predicted molar refractivity (Wildman–Crippen MR) is 101 cm³/mol. The predicted octanol–water partition coefficient (Wildman–Crippen LogP) is 3.88. The third-order valence-corrected chi connectivity index (χ3v) is 4.74. The van der Waals surface area contributed by atoms with Gasteiger partial charge < -0.3 is 10.1 Å². The van der Waals surface area contributed by atoms with Gasteiger partial charge in [0.05, 0.1) is 11.5 Å². The van der Waals surface area contributed by atoms with Gasteiger partial charge >= 0.3 is 0 Å². The molecule has 3 aromatic rings. The van der Waals surface area contributed by atoms with E-state index in [0.29, 0.717) is 23.1 Å². The third kappa shape index (κ3) is 3.30. The first kappa shape index (κ1) is 17.3. The highest BCUT2D eigenvalue weighted by Crippen LogP contribution is 2.38. The van der Waals surface area contributed by atoms with Crippen LogP contribution in [0.5, 0.6) is 5.75 Å². The fourth-order valence-corrected chi connectivity index (χ4v) is 3.52. The van der Waals surface area contributed by atoms with Crippen LogP contribution in [0, 0.1) is 34.5 Å². The number of unbranched alkanes of at least 4 members (excludes halogenated alkanes) is 2. The molecule has 0 amide bonds. The summed E-state index contributed by atoms with van der Waals surface area (Å²) in [5, 5.41) is 30.2. The van der Waals surface area contributed by atoms with Gasteiger partial charge in [-0.05, 0) is 24.1 Å². The fraction of sp³-hybridized carbons (Fsp3) is 0.150. The van der Waals surface area contributed by atoms with Crippen LogP contribution in [0.4, 0.5) is 0 Å². The van der Waals surface area contributed by atoms with E-state index in [2.05, 4.69) is 22.9 Å². The second-order valence-corrected chi connectivity index (χ2v) is 6.41. The van der Waals surface area contributed by atoms with Crippen molar-refractivity contribution in [3.05, 3.63) is 51.1 Å². The maximum atomic E-state index is 11.8. The van der Waals surface area contributed by atoms with Crippen molar-refractivity contribution in [2.24, 2.45) is 0 Å². The minimum absolute atomic E-state index is 0.281. The normalized spacial score (nSPS) is 9.92. The summed E-state index contributed by atoms with van der Waals surface area (Å²) in [5.74, 6) is 5.80. The van der Waals surface area contributed by atoms with Gasteiger partial charge in [-0.25, -0.2) is 0 Å². The lowest BCUT2D eigenvalue weighted by molar-refractivity contribution is 0.479. The molecule has 2 heterocycles. The molecule has 0 aliphatic carbocycles. The number of pyridine rings is 1. The molecule has 0 bridgehead atoms. The van der Waals surface area contributed by atoms with Crippen LogP contribution >= 0.6 is 11.3 Å². The Balaban J connectivity index is 1.94. The third-order valence-electron chi connectivity index (χ3n) is 3.85. The fourth-order valence-electron chi connectivity index (χ4n) is 2.55. The quantitative estimate of drug-likeness (QED) is 0.547. The van der Waals surface area contributed by atoms with Gasteiger partial charge in [-0.3, -0.25) is 4.79 Å². The first-order valence-corrected chi connectivity index (χ1v) is 8.76. The number of thiophene rings is 1. The highest BCUT2D eigenvalue weighted by molar-refractivity contribution is 7.17. The van der Waals surface area contributed by atoms with Gasteiger partial charge in [-0.15, -0.1) is 11.3 Å². The summed E-state index contributed by atoms with van der Waals surface area (Å²) < 4.78 is 0. The second kappa shape index (κ2) is 7.57. The Labute approximate surface area is 153 Å². The van der Waals surface area contributed by atoms with Crippen LogP contribution in [0.1, 0.15) is 30.4 Å². The van der Waals surface area contributed by atoms with E-state index in [0.717, 1.165) is 23.1 Å². The van der Waals surface area contributed by atoms with Gasteiger partial charge in [0.15, 0.2) is 5.56 Å². The molecule has 3 rings (SSSR count). The number of aromatic nitrogens is 1. The monoisotopic (exact) mass is 359 g/mol. The molecular weight excluding hydrogens is 346 g/mol. The number of rotatable bonds is 3. The van der Waals surface area contributed by atoms with Crippen LogP contribution in [0.25, 0.3) is 21.3 Å². The van der Waals surface area contributed by atoms with E-state index in [-0.39, 0.29) is 11.3 Å². The van der Waals surface area contributed by atoms with Gasteiger partial charge in [-0.2, -0.15) is 10.5 Å². The van der Waals surface area contributed by atoms with Crippen molar-refractivity contribution in [3.63, 3.8) is 0 Å². The average Bonchev–Trinajstić information content (AvgIpc) is 3.06. The van der Waals surface area contributed by atoms with E-state index in [9.17, 15) is 9.90 Å². The Morgan fingerprint density at radius 3 is 2.62 bits per heavy atom. The number of nitriles is 2. The summed E-state index contributed by atoms with van der Waals surface area (Å²) in [5.41, 5.74) is 1.60. The van der Waals surface area contributed by atoms with Gasteiger partial charge in [0.1, 0.15) is 16.6 Å². The molecule has 0 saturated heterocycles. The zero-order chi connectivity index (χ0) is 18.5. The SMILES string of the molecule is N#CCCCC#Cc1ccc(-c2csc3[nH]c(=O)c(C#N)c(O)c23)cc1. The Kier molecular flexibility index (Phi) is 5.04. The summed E-state index contributed by atoms with van der Waals surface area (Å²) in [6, 6.07) is 11.4. The van der Waals surface area contributed by atoms with Crippen LogP contribution in [-0.2, 0) is 0 Å². The lowest BCUT2D eigenvalue weighted by atomic mass is 10.0. The van der Waals surface area contributed by atoms with Gasteiger partial charge in [-0.1, -0.05) is 24.0 Å².